The third-order valence-electron chi connectivity index (χ3n) is 5.36. The topological polar surface area (TPSA) is 69.6 Å². The minimum absolute atomic E-state index is 0.170. The summed E-state index contributed by atoms with van der Waals surface area (Å²) in [5.41, 5.74) is 10.9. The van der Waals surface area contributed by atoms with E-state index in [0.29, 0.717) is 5.65 Å². The summed E-state index contributed by atoms with van der Waals surface area (Å²) in [6.07, 6.45) is 5.00. The highest BCUT2D eigenvalue weighted by Crippen LogP contribution is 2.39. The van der Waals surface area contributed by atoms with Crippen LogP contribution < -0.4 is 5.73 Å². The van der Waals surface area contributed by atoms with Gasteiger partial charge < -0.3 is 5.73 Å². The molecule has 0 radical (unpaired) electrons. The number of aromatic nitrogens is 4. The molecule has 0 spiro atoms. The summed E-state index contributed by atoms with van der Waals surface area (Å²) >= 11 is 5.98. The number of para-hydroxylation sites is 1. The second-order valence-corrected chi connectivity index (χ2v) is 7.38. The van der Waals surface area contributed by atoms with Gasteiger partial charge in [0.15, 0.2) is 5.65 Å². The van der Waals surface area contributed by atoms with Crippen LogP contribution in [0.25, 0.3) is 28.2 Å². The van der Waals surface area contributed by atoms with Gasteiger partial charge in [-0.2, -0.15) is 4.98 Å². The van der Waals surface area contributed by atoms with Crippen molar-refractivity contribution in [3.8, 4) is 17.1 Å². The Kier molecular flexibility index (Phi) is 3.74. The van der Waals surface area contributed by atoms with Gasteiger partial charge in [-0.05, 0) is 48.6 Å². The molecule has 1 aliphatic carbocycles. The van der Waals surface area contributed by atoms with E-state index >= 15 is 0 Å². The van der Waals surface area contributed by atoms with Crippen molar-refractivity contribution in [2.24, 2.45) is 5.73 Å². The van der Waals surface area contributed by atoms with E-state index in [9.17, 15) is 0 Å². The molecule has 2 heterocycles. The average Bonchev–Trinajstić information content (AvgIpc) is 3.05. The van der Waals surface area contributed by atoms with Crippen molar-refractivity contribution in [1.82, 2.24) is 19.5 Å². The number of benzene rings is 2. The van der Waals surface area contributed by atoms with E-state index in [1.165, 1.54) is 12.0 Å². The van der Waals surface area contributed by atoms with E-state index in [2.05, 4.69) is 38.8 Å². The minimum atomic E-state index is -0.170. The van der Waals surface area contributed by atoms with E-state index in [0.717, 1.165) is 35.4 Å². The quantitative estimate of drug-likeness (QED) is 0.536. The van der Waals surface area contributed by atoms with Crippen LogP contribution in [0.3, 0.4) is 0 Å². The molecule has 0 bridgehead atoms. The lowest BCUT2D eigenvalue weighted by molar-refractivity contribution is 0.253. The maximum Gasteiger partial charge on any atom is 0.224 e. The Hall–Kier alpha value is -2.76. The van der Waals surface area contributed by atoms with Crippen molar-refractivity contribution in [2.75, 3.05) is 0 Å². The molecule has 0 unspecified atom stereocenters. The Morgan fingerprint density at radius 2 is 1.70 bits per heavy atom. The predicted molar refractivity (Wildman–Crippen MR) is 107 cm³/mol. The number of imidazole rings is 1. The van der Waals surface area contributed by atoms with Crippen molar-refractivity contribution in [3.63, 3.8) is 0 Å². The molecule has 134 valence electrons. The zero-order chi connectivity index (χ0) is 18.4. The summed E-state index contributed by atoms with van der Waals surface area (Å²) in [5.74, 6) is 0.805. The molecule has 4 aromatic rings. The lowest BCUT2D eigenvalue weighted by Crippen LogP contribution is -2.43. The van der Waals surface area contributed by atoms with Gasteiger partial charge in [-0.15, -0.1) is 0 Å². The molecular weight excluding hydrogens is 358 g/mol. The minimum Gasteiger partial charge on any atom is -0.321 e. The van der Waals surface area contributed by atoms with Crippen LogP contribution in [-0.2, 0) is 5.54 Å². The number of hydrogen-bond donors (Lipinski definition) is 1. The summed E-state index contributed by atoms with van der Waals surface area (Å²) in [5, 5.41) is 0.192. The molecule has 5 rings (SSSR count). The molecule has 1 saturated carbocycles. The number of nitrogens with two attached hydrogens (primary N) is 1. The monoisotopic (exact) mass is 375 g/mol. The lowest BCUT2D eigenvalue weighted by atomic mass is 9.73. The molecule has 27 heavy (non-hydrogen) atoms. The van der Waals surface area contributed by atoms with Gasteiger partial charge in [0.25, 0.3) is 0 Å². The second-order valence-electron chi connectivity index (χ2n) is 7.04. The van der Waals surface area contributed by atoms with E-state index in [-0.39, 0.29) is 10.8 Å². The van der Waals surface area contributed by atoms with Crippen molar-refractivity contribution >= 4 is 22.8 Å². The summed E-state index contributed by atoms with van der Waals surface area (Å²) < 4.78 is 2.06. The summed E-state index contributed by atoms with van der Waals surface area (Å²) in [6.45, 7) is 0. The zero-order valence-corrected chi connectivity index (χ0v) is 15.4. The molecule has 6 heteroatoms. The first-order valence-corrected chi connectivity index (χ1v) is 9.38. The van der Waals surface area contributed by atoms with E-state index in [4.69, 9.17) is 22.3 Å². The van der Waals surface area contributed by atoms with Crippen LogP contribution in [0.4, 0.5) is 0 Å². The SMILES string of the molecule is NC1(c2ccc(-c3nc4nc(Cl)ncc4n3-c3ccccc3)cc2)CCC1. The van der Waals surface area contributed by atoms with Crippen molar-refractivity contribution in [3.05, 3.63) is 71.6 Å². The smallest absolute Gasteiger partial charge is 0.224 e. The van der Waals surface area contributed by atoms with Gasteiger partial charge in [-0.3, -0.25) is 4.57 Å². The highest BCUT2D eigenvalue weighted by atomic mass is 35.5. The highest BCUT2D eigenvalue weighted by molar-refractivity contribution is 6.28. The van der Waals surface area contributed by atoms with Crippen LogP contribution in [0.15, 0.2) is 60.8 Å². The summed E-state index contributed by atoms with van der Waals surface area (Å²) in [4.78, 5) is 13.2. The molecule has 2 aromatic heterocycles. The fourth-order valence-electron chi connectivity index (χ4n) is 3.68. The van der Waals surface area contributed by atoms with Crippen LogP contribution in [0.5, 0.6) is 0 Å². The van der Waals surface area contributed by atoms with Gasteiger partial charge in [0.1, 0.15) is 11.3 Å². The third-order valence-corrected chi connectivity index (χ3v) is 5.55. The van der Waals surface area contributed by atoms with Gasteiger partial charge in [0, 0.05) is 16.8 Å². The molecule has 2 aromatic carbocycles. The Balaban J connectivity index is 1.68. The predicted octanol–water partition coefficient (Wildman–Crippen LogP) is 4.47. The molecule has 1 fully saturated rings. The summed E-state index contributed by atoms with van der Waals surface area (Å²) in [7, 11) is 0. The number of rotatable bonds is 3. The third kappa shape index (κ3) is 2.71. The van der Waals surface area contributed by atoms with Gasteiger partial charge in [-0.25, -0.2) is 9.97 Å². The zero-order valence-electron chi connectivity index (χ0n) is 14.6. The number of nitrogens with zero attached hydrogens (tertiary/aromatic N) is 4. The number of hydrogen-bond acceptors (Lipinski definition) is 4. The van der Waals surface area contributed by atoms with E-state index in [1.54, 1.807) is 6.20 Å². The maximum absolute atomic E-state index is 6.46. The summed E-state index contributed by atoms with van der Waals surface area (Å²) in [6, 6.07) is 18.5. The molecule has 0 aliphatic heterocycles. The second kappa shape index (κ2) is 6.15. The number of fused-ring (bicyclic) bond motifs is 1. The van der Waals surface area contributed by atoms with Crippen LogP contribution in [0.1, 0.15) is 24.8 Å². The normalized spacial score (nSPS) is 15.6. The van der Waals surface area contributed by atoms with Gasteiger partial charge in [0.05, 0.1) is 6.20 Å². The molecule has 0 atom stereocenters. The lowest BCUT2D eigenvalue weighted by Gasteiger charge is -2.38. The molecular formula is C21H18ClN5. The largest absolute Gasteiger partial charge is 0.321 e. The maximum atomic E-state index is 6.46. The van der Waals surface area contributed by atoms with Gasteiger partial charge in [0.2, 0.25) is 5.28 Å². The Bertz CT molecular complexity index is 1110. The van der Waals surface area contributed by atoms with Crippen molar-refractivity contribution < 1.29 is 0 Å². The fraction of sp³-hybridized carbons (Fsp3) is 0.190. The first kappa shape index (κ1) is 16.4. The van der Waals surface area contributed by atoms with Gasteiger partial charge >= 0.3 is 0 Å². The molecule has 0 saturated heterocycles. The van der Waals surface area contributed by atoms with Crippen molar-refractivity contribution in [1.29, 1.82) is 0 Å². The number of halogens is 1. The van der Waals surface area contributed by atoms with Crippen LogP contribution in [-0.4, -0.2) is 19.5 Å². The van der Waals surface area contributed by atoms with E-state index in [1.807, 2.05) is 30.3 Å². The van der Waals surface area contributed by atoms with Crippen LogP contribution in [0, 0.1) is 0 Å². The van der Waals surface area contributed by atoms with Gasteiger partial charge in [-0.1, -0.05) is 42.5 Å². The molecule has 2 N–H and O–H groups in total. The van der Waals surface area contributed by atoms with Crippen molar-refractivity contribution in [2.45, 2.75) is 24.8 Å². The van der Waals surface area contributed by atoms with E-state index < -0.39 is 0 Å². The van der Waals surface area contributed by atoms with Crippen LogP contribution in [0.2, 0.25) is 5.28 Å². The molecule has 1 aliphatic rings. The Labute approximate surface area is 161 Å². The highest BCUT2D eigenvalue weighted by Gasteiger charge is 2.34. The first-order chi connectivity index (χ1) is 13.1. The standard InChI is InChI=1S/C21H18ClN5/c22-20-24-13-17-18(26-20)25-19(27(17)16-5-2-1-3-6-16)14-7-9-15(10-8-14)21(23)11-4-12-21/h1-3,5-10,13H,4,11-12,23H2. The molecule has 5 nitrogen and oxygen atoms in total. The first-order valence-electron chi connectivity index (χ1n) is 9.00. The molecule has 0 amide bonds. The fourth-order valence-corrected chi connectivity index (χ4v) is 3.81. The average molecular weight is 376 g/mol. The van der Waals surface area contributed by atoms with Crippen LogP contribution >= 0.6 is 11.6 Å². The Morgan fingerprint density at radius 1 is 0.963 bits per heavy atom. The Morgan fingerprint density at radius 3 is 2.37 bits per heavy atom.